The van der Waals surface area contributed by atoms with E-state index in [2.05, 4.69) is 31.2 Å². The van der Waals surface area contributed by atoms with Gasteiger partial charge in [0, 0.05) is 29.6 Å². The summed E-state index contributed by atoms with van der Waals surface area (Å²) in [7, 11) is 1.56. The maximum absolute atomic E-state index is 12.2. The van der Waals surface area contributed by atoms with Gasteiger partial charge < -0.3 is 15.1 Å². The molecule has 0 saturated heterocycles. The van der Waals surface area contributed by atoms with Crippen LogP contribution in [0.25, 0.3) is 0 Å². The van der Waals surface area contributed by atoms with Gasteiger partial charge in [0.15, 0.2) is 0 Å². The van der Waals surface area contributed by atoms with Crippen LogP contribution in [-0.2, 0) is 9.63 Å². The van der Waals surface area contributed by atoms with Crippen molar-refractivity contribution in [2.24, 2.45) is 45.6 Å². The molecule has 0 amide bonds. The molecule has 0 radical (unpaired) electrons. The van der Waals surface area contributed by atoms with Crippen LogP contribution in [0.5, 0.6) is 0 Å². The zero-order valence-corrected chi connectivity index (χ0v) is 17.0. The second-order valence-electron chi connectivity index (χ2n) is 10.2. The molecule has 0 heterocycles. The smallest absolute Gasteiger partial charge is 0.137 e. The molecule has 2 unspecified atom stereocenters. The lowest BCUT2D eigenvalue weighted by Crippen LogP contribution is -2.56. The first-order chi connectivity index (χ1) is 13.3. The minimum absolute atomic E-state index is 0.0621. The van der Waals surface area contributed by atoms with Gasteiger partial charge in [-0.05, 0) is 42.9 Å². The van der Waals surface area contributed by atoms with Crippen LogP contribution in [0.3, 0.4) is 0 Å². The Kier molecular flexibility index (Phi) is 3.84. The third-order valence-corrected chi connectivity index (χ3v) is 9.16. The highest BCUT2D eigenvalue weighted by Gasteiger charge is 2.75. The number of carbonyl (C=O) groups excluding carboxylic acids is 1. The van der Waals surface area contributed by atoms with Crippen molar-refractivity contribution in [1.82, 2.24) is 0 Å². The van der Waals surface area contributed by atoms with E-state index in [1.54, 1.807) is 7.11 Å². The summed E-state index contributed by atoms with van der Waals surface area (Å²) < 4.78 is 0. The van der Waals surface area contributed by atoms with Gasteiger partial charge >= 0.3 is 0 Å². The van der Waals surface area contributed by atoms with Crippen molar-refractivity contribution in [2.45, 2.75) is 51.6 Å². The van der Waals surface area contributed by atoms with E-state index in [1.165, 1.54) is 11.1 Å². The number of allylic oxidation sites excluding steroid dienone is 4. The molecule has 3 saturated carbocycles. The van der Waals surface area contributed by atoms with E-state index in [9.17, 15) is 15.0 Å². The van der Waals surface area contributed by atoms with Gasteiger partial charge in [-0.15, -0.1) is 0 Å². The van der Waals surface area contributed by atoms with Gasteiger partial charge in [0.2, 0.25) is 0 Å². The van der Waals surface area contributed by atoms with Crippen molar-refractivity contribution in [3.05, 3.63) is 23.3 Å². The number of nitrogens with zero attached hydrogens (tertiary/aromatic N) is 1. The third-order valence-electron chi connectivity index (χ3n) is 9.16. The molecule has 152 valence electrons. The molecular formula is C23H31NO4. The summed E-state index contributed by atoms with van der Waals surface area (Å²) in [5, 5.41) is 25.7. The fraction of sp³-hybridized carbons (Fsp3) is 0.739. The van der Waals surface area contributed by atoms with Crippen LogP contribution >= 0.6 is 0 Å². The fourth-order valence-electron chi connectivity index (χ4n) is 7.53. The van der Waals surface area contributed by atoms with E-state index in [0.29, 0.717) is 30.5 Å². The van der Waals surface area contributed by atoms with Gasteiger partial charge in [-0.1, -0.05) is 42.3 Å². The van der Waals surface area contributed by atoms with Crippen molar-refractivity contribution >= 4 is 12.0 Å². The van der Waals surface area contributed by atoms with E-state index in [1.807, 2.05) is 6.21 Å². The third kappa shape index (κ3) is 2.10. The average Bonchev–Trinajstić information content (AvgIpc) is 3.43. The van der Waals surface area contributed by atoms with E-state index in [4.69, 9.17) is 4.84 Å². The summed E-state index contributed by atoms with van der Waals surface area (Å²) >= 11 is 0. The molecule has 0 aromatic carbocycles. The lowest BCUT2D eigenvalue weighted by atomic mass is 9.48. The molecular weight excluding hydrogens is 354 g/mol. The van der Waals surface area contributed by atoms with Crippen molar-refractivity contribution in [3.63, 3.8) is 0 Å². The minimum Gasteiger partial charge on any atom is -0.399 e. The number of hydrogen-bond acceptors (Lipinski definition) is 5. The predicted molar refractivity (Wildman–Crippen MR) is 105 cm³/mol. The highest BCUT2D eigenvalue weighted by atomic mass is 16.6. The molecule has 0 aliphatic heterocycles. The molecule has 2 N–H and O–H groups in total. The first-order valence-corrected chi connectivity index (χ1v) is 10.6. The van der Waals surface area contributed by atoms with Crippen molar-refractivity contribution in [3.8, 4) is 0 Å². The number of aliphatic hydroxyl groups is 2. The van der Waals surface area contributed by atoms with Gasteiger partial charge in [-0.25, -0.2) is 0 Å². The summed E-state index contributed by atoms with van der Waals surface area (Å²) in [5.74, 6) is 1.60. The van der Waals surface area contributed by atoms with E-state index >= 15 is 0 Å². The largest absolute Gasteiger partial charge is 0.399 e. The van der Waals surface area contributed by atoms with E-state index in [-0.39, 0.29) is 35.2 Å². The van der Waals surface area contributed by atoms with Crippen LogP contribution in [0.1, 0.15) is 46.0 Å². The molecule has 0 aromatic rings. The maximum atomic E-state index is 12.2. The Labute approximate surface area is 166 Å². The highest BCUT2D eigenvalue weighted by Crippen LogP contribution is 2.75. The first-order valence-electron chi connectivity index (χ1n) is 10.6. The van der Waals surface area contributed by atoms with Crippen molar-refractivity contribution < 1.29 is 19.8 Å². The zero-order chi connectivity index (χ0) is 19.9. The number of carbonyl (C=O) groups is 1. The summed E-state index contributed by atoms with van der Waals surface area (Å²) in [5.41, 5.74) is 1.27. The van der Waals surface area contributed by atoms with Gasteiger partial charge in [-0.2, -0.15) is 0 Å². The van der Waals surface area contributed by atoms with Crippen LogP contribution in [-0.4, -0.2) is 41.5 Å². The monoisotopic (exact) mass is 385 g/mol. The summed E-state index contributed by atoms with van der Waals surface area (Å²) in [6.45, 7) is 4.30. The Morgan fingerprint density at radius 1 is 1.39 bits per heavy atom. The quantitative estimate of drug-likeness (QED) is 0.445. The SMILES string of the molecule is CON=C[C@@H]1C=C2CC(=O)CC[C@]2(C)C2=CC[C@@]3(C)C(C21)[C@@H]1C[C@@H]1[C@@]3(O)CO. The Bertz CT molecular complexity index is 815. The minimum atomic E-state index is -0.999. The molecule has 3 fully saturated rings. The van der Waals surface area contributed by atoms with Gasteiger partial charge in [0.05, 0.1) is 18.4 Å². The Hall–Kier alpha value is -1.46. The molecule has 0 spiro atoms. The Morgan fingerprint density at radius 2 is 2.18 bits per heavy atom. The molecule has 0 aromatic heterocycles. The summed E-state index contributed by atoms with van der Waals surface area (Å²) in [6, 6.07) is 0. The Morgan fingerprint density at radius 3 is 2.89 bits per heavy atom. The zero-order valence-electron chi connectivity index (χ0n) is 17.0. The predicted octanol–water partition coefficient (Wildman–Crippen LogP) is 2.88. The molecule has 0 bridgehead atoms. The standard InChI is InChI=1S/C23H31NO4/c1-21-6-4-15(26)9-14(21)8-13(11-24-28-3)19-17(21)5-7-22(2)20(19)16-10-18(16)23(22,27)12-25/h5,8,11,13,16,18-20,25,27H,4,6-7,9-10,12H2,1-3H3/t13-,16+,18-,19?,20?,21-,22-,23-/m0/s1. The lowest BCUT2D eigenvalue weighted by Gasteiger charge is -2.56. The molecule has 5 nitrogen and oxygen atoms in total. The molecule has 5 rings (SSSR count). The van der Waals surface area contributed by atoms with Gasteiger partial charge in [0.25, 0.3) is 0 Å². The second kappa shape index (κ2) is 5.79. The summed E-state index contributed by atoms with van der Waals surface area (Å²) in [6.07, 6.45) is 10.3. The average molecular weight is 386 g/mol. The van der Waals surface area contributed by atoms with Crippen LogP contribution in [0.4, 0.5) is 0 Å². The number of hydrogen-bond donors (Lipinski definition) is 2. The first kappa shape index (κ1) is 18.6. The molecule has 5 aliphatic carbocycles. The molecule has 5 aliphatic rings. The number of fused-ring (bicyclic) bond motifs is 7. The van der Waals surface area contributed by atoms with E-state index < -0.39 is 5.60 Å². The topological polar surface area (TPSA) is 79.1 Å². The van der Waals surface area contributed by atoms with Crippen molar-refractivity contribution in [1.29, 1.82) is 0 Å². The molecule has 8 atom stereocenters. The lowest BCUT2D eigenvalue weighted by molar-refractivity contribution is -0.133. The normalized spacial score (nSPS) is 51.6. The van der Waals surface area contributed by atoms with Crippen LogP contribution < -0.4 is 0 Å². The number of aliphatic hydroxyl groups excluding tert-OH is 1. The van der Waals surface area contributed by atoms with Gasteiger partial charge in [-0.3, -0.25) is 4.79 Å². The maximum Gasteiger partial charge on any atom is 0.137 e. The second-order valence-corrected chi connectivity index (χ2v) is 10.2. The van der Waals surface area contributed by atoms with Gasteiger partial charge in [0.1, 0.15) is 12.9 Å². The fourth-order valence-corrected chi connectivity index (χ4v) is 7.53. The highest BCUT2D eigenvalue weighted by molar-refractivity contribution is 5.84. The van der Waals surface area contributed by atoms with Crippen LogP contribution in [0.15, 0.2) is 28.5 Å². The Balaban J connectivity index is 1.65. The number of oxime groups is 1. The molecule has 5 heteroatoms. The van der Waals surface area contributed by atoms with Crippen molar-refractivity contribution in [2.75, 3.05) is 13.7 Å². The van der Waals surface area contributed by atoms with E-state index in [0.717, 1.165) is 19.3 Å². The summed E-state index contributed by atoms with van der Waals surface area (Å²) in [4.78, 5) is 17.2. The van der Waals surface area contributed by atoms with Crippen LogP contribution in [0, 0.1) is 40.4 Å². The molecule has 28 heavy (non-hydrogen) atoms. The number of rotatable bonds is 3. The number of Topliss-reactive ketones (excluding diaryl/α,β-unsaturated/α-hetero) is 1. The van der Waals surface area contributed by atoms with Crippen LogP contribution in [0.2, 0.25) is 0 Å². The number of ketones is 1.